The van der Waals surface area contributed by atoms with Crippen molar-refractivity contribution in [2.45, 2.75) is 20.0 Å². The second kappa shape index (κ2) is 4.00. The molecule has 0 aliphatic heterocycles. The van der Waals surface area contributed by atoms with Crippen LogP contribution in [0.4, 0.5) is 13.2 Å². The molecular formula is C10H11F3O2. The van der Waals surface area contributed by atoms with Gasteiger partial charge in [0.1, 0.15) is 17.1 Å². The third kappa shape index (κ3) is 2.55. The van der Waals surface area contributed by atoms with Gasteiger partial charge in [0.2, 0.25) is 0 Å². The van der Waals surface area contributed by atoms with Crippen LogP contribution < -0.4 is 4.74 Å². The summed E-state index contributed by atoms with van der Waals surface area (Å²) in [5.74, 6) is -0.633. The Kier molecular flexibility index (Phi) is 3.12. The van der Waals surface area contributed by atoms with E-state index < -0.39 is 17.5 Å². The Morgan fingerprint density at radius 1 is 1.33 bits per heavy atom. The minimum atomic E-state index is -4.57. The zero-order valence-electron chi connectivity index (χ0n) is 8.35. The first-order chi connectivity index (χ1) is 6.86. The molecule has 1 aromatic carbocycles. The van der Waals surface area contributed by atoms with Crippen molar-refractivity contribution >= 4 is 0 Å². The van der Waals surface area contributed by atoms with E-state index in [1.807, 2.05) is 0 Å². The maximum Gasteiger partial charge on any atom is 0.420 e. The Hall–Kier alpha value is -1.39. The van der Waals surface area contributed by atoms with E-state index in [1.165, 1.54) is 0 Å². The number of alkyl halides is 3. The number of halogens is 3. The highest BCUT2D eigenvalue weighted by Gasteiger charge is 2.34. The van der Waals surface area contributed by atoms with E-state index in [1.54, 1.807) is 13.8 Å². The molecule has 0 bridgehead atoms. The highest BCUT2D eigenvalue weighted by Crippen LogP contribution is 2.39. The van der Waals surface area contributed by atoms with E-state index >= 15 is 0 Å². The number of aromatic hydroxyl groups is 1. The lowest BCUT2D eigenvalue weighted by molar-refractivity contribution is -0.138. The molecule has 0 fully saturated rings. The third-order valence-electron chi connectivity index (χ3n) is 1.90. The molecule has 0 aromatic heterocycles. The van der Waals surface area contributed by atoms with Crippen LogP contribution in [-0.4, -0.2) is 11.7 Å². The summed E-state index contributed by atoms with van der Waals surface area (Å²) in [6.07, 6.45) is -4.57. The summed E-state index contributed by atoms with van der Waals surface area (Å²) >= 11 is 0. The smallest absolute Gasteiger partial charge is 0.420 e. The number of phenolic OH excluding ortho intramolecular Hbond substituents is 1. The molecule has 0 spiro atoms. The van der Waals surface area contributed by atoms with E-state index in [4.69, 9.17) is 9.84 Å². The van der Waals surface area contributed by atoms with Gasteiger partial charge in [-0.1, -0.05) is 0 Å². The molecule has 0 radical (unpaired) electrons. The van der Waals surface area contributed by atoms with Crippen molar-refractivity contribution in [2.24, 2.45) is 0 Å². The summed E-state index contributed by atoms with van der Waals surface area (Å²) in [6.45, 7) is 3.54. The minimum Gasteiger partial charge on any atom is -0.507 e. The van der Waals surface area contributed by atoms with Crippen molar-refractivity contribution < 1.29 is 23.0 Å². The van der Waals surface area contributed by atoms with Crippen molar-refractivity contribution in [2.75, 3.05) is 6.61 Å². The largest absolute Gasteiger partial charge is 0.507 e. The van der Waals surface area contributed by atoms with Crippen molar-refractivity contribution in [3.63, 3.8) is 0 Å². The topological polar surface area (TPSA) is 29.5 Å². The molecule has 1 N–H and O–H groups in total. The molecule has 0 amide bonds. The van der Waals surface area contributed by atoms with Crippen molar-refractivity contribution in [1.82, 2.24) is 0 Å². The number of rotatable bonds is 2. The van der Waals surface area contributed by atoms with Crippen LogP contribution in [0.5, 0.6) is 11.5 Å². The van der Waals surface area contributed by atoms with Gasteiger partial charge in [-0.2, -0.15) is 13.2 Å². The maximum atomic E-state index is 12.4. The van der Waals surface area contributed by atoms with E-state index in [9.17, 15) is 13.2 Å². The van der Waals surface area contributed by atoms with Crippen LogP contribution in [0.3, 0.4) is 0 Å². The molecule has 1 rings (SSSR count). The molecule has 15 heavy (non-hydrogen) atoms. The quantitative estimate of drug-likeness (QED) is 0.829. The van der Waals surface area contributed by atoms with Gasteiger partial charge < -0.3 is 9.84 Å². The average Bonchev–Trinajstić information content (AvgIpc) is 2.07. The van der Waals surface area contributed by atoms with Crippen molar-refractivity contribution in [1.29, 1.82) is 0 Å². The highest BCUT2D eigenvalue weighted by atomic mass is 19.4. The molecule has 0 aliphatic rings. The van der Waals surface area contributed by atoms with Crippen LogP contribution in [0.1, 0.15) is 18.1 Å². The van der Waals surface area contributed by atoms with E-state index in [-0.39, 0.29) is 12.4 Å². The Labute approximate surface area is 85.3 Å². The zero-order chi connectivity index (χ0) is 11.6. The van der Waals surface area contributed by atoms with Crippen LogP contribution in [-0.2, 0) is 6.18 Å². The molecule has 1 aromatic rings. The molecule has 0 unspecified atom stereocenters. The van der Waals surface area contributed by atoms with Crippen molar-refractivity contribution in [3.8, 4) is 11.5 Å². The summed E-state index contributed by atoms with van der Waals surface area (Å²) < 4.78 is 42.2. The van der Waals surface area contributed by atoms with Gasteiger partial charge in [0.05, 0.1) is 6.61 Å². The monoisotopic (exact) mass is 220 g/mol. The molecule has 0 aliphatic carbocycles. The fourth-order valence-electron chi connectivity index (χ4n) is 1.21. The molecular weight excluding hydrogens is 209 g/mol. The van der Waals surface area contributed by atoms with Crippen LogP contribution in [0.15, 0.2) is 12.1 Å². The predicted molar refractivity (Wildman–Crippen MR) is 49.0 cm³/mol. The number of hydrogen-bond acceptors (Lipinski definition) is 2. The SMILES string of the molecule is CCOc1cc(C(F)(F)F)c(O)cc1C. The van der Waals surface area contributed by atoms with Crippen LogP contribution in [0.2, 0.25) is 0 Å². The minimum absolute atomic E-state index is 0.141. The fourth-order valence-corrected chi connectivity index (χ4v) is 1.21. The second-order valence-electron chi connectivity index (χ2n) is 3.07. The third-order valence-corrected chi connectivity index (χ3v) is 1.90. The number of ether oxygens (including phenoxy) is 1. The first-order valence-corrected chi connectivity index (χ1v) is 4.40. The lowest BCUT2D eigenvalue weighted by Crippen LogP contribution is -2.06. The van der Waals surface area contributed by atoms with Gasteiger partial charge >= 0.3 is 6.18 Å². The molecule has 5 heteroatoms. The summed E-state index contributed by atoms with van der Waals surface area (Å²) in [5, 5.41) is 9.14. The van der Waals surface area contributed by atoms with Gasteiger partial charge in [-0.15, -0.1) is 0 Å². The number of benzene rings is 1. The number of phenols is 1. The van der Waals surface area contributed by atoms with Crippen molar-refractivity contribution in [3.05, 3.63) is 23.3 Å². The first-order valence-electron chi connectivity index (χ1n) is 4.40. The maximum absolute atomic E-state index is 12.4. The fraction of sp³-hybridized carbons (Fsp3) is 0.400. The van der Waals surface area contributed by atoms with Crippen LogP contribution in [0, 0.1) is 6.92 Å². The lowest BCUT2D eigenvalue weighted by atomic mass is 10.1. The Morgan fingerprint density at radius 2 is 1.93 bits per heavy atom. The Morgan fingerprint density at radius 3 is 2.40 bits per heavy atom. The summed E-state index contributed by atoms with van der Waals surface area (Å²) in [6, 6.07) is 1.86. The van der Waals surface area contributed by atoms with E-state index in [2.05, 4.69) is 0 Å². The molecule has 0 saturated heterocycles. The normalized spacial score (nSPS) is 11.5. The van der Waals surface area contributed by atoms with Gasteiger partial charge in [-0.3, -0.25) is 0 Å². The van der Waals surface area contributed by atoms with Gasteiger partial charge in [0.25, 0.3) is 0 Å². The molecule has 0 heterocycles. The predicted octanol–water partition coefficient (Wildman–Crippen LogP) is 3.12. The molecule has 0 atom stereocenters. The van der Waals surface area contributed by atoms with Gasteiger partial charge in [0, 0.05) is 0 Å². The van der Waals surface area contributed by atoms with Gasteiger partial charge in [0.15, 0.2) is 0 Å². The number of hydrogen-bond donors (Lipinski definition) is 1. The van der Waals surface area contributed by atoms with E-state index in [0.717, 1.165) is 12.1 Å². The summed E-state index contributed by atoms with van der Waals surface area (Å²) in [4.78, 5) is 0. The number of aryl methyl sites for hydroxylation is 1. The zero-order valence-corrected chi connectivity index (χ0v) is 8.35. The first kappa shape index (κ1) is 11.7. The molecule has 84 valence electrons. The lowest BCUT2D eigenvalue weighted by Gasteiger charge is -2.13. The second-order valence-corrected chi connectivity index (χ2v) is 3.07. The Balaban J connectivity index is 3.23. The van der Waals surface area contributed by atoms with E-state index in [0.29, 0.717) is 5.56 Å². The summed E-state index contributed by atoms with van der Waals surface area (Å²) in [5.41, 5.74) is -0.598. The van der Waals surface area contributed by atoms with Gasteiger partial charge in [-0.25, -0.2) is 0 Å². The summed E-state index contributed by atoms with van der Waals surface area (Å²) in [7, 11) is 0. The standard InChI is InChI=1S/C10H11F3O2/c1-3-15-9-5-7(10(11,12)13)8(14)4-6(9)2/h4-5,14H,3H2,1-2H3. The average molecular weight is 220 g/mol. The van der Waals surface area contributed by atoms with Crippen LogP contribution >= 0.6 is 0 Å². The van der Waals surface area contributed by atoms with Crippen LogP contribution in [0.25, 0.3) is 0 Å². The highest BCUT2D eigenvalue weighted by molar-refractivity contribution is 5.46. The molecule has 0 saturated carbocycles. The Bertz CT molecular complexity index is 358. The molecule has 2 nitrogen and oxygen atoms in total. The van der Waals surface area contributed by atoms with Gasteiger partial charge in [-0.05, 0) is 31.5 Å².